The van der Waals surface area contributed by atoms with Crippen molar-refractivity contribution in [3.8, 4) is 11.1 Å². The predicted molar refractivity (Wildman–Crippen MR) is 90.5 cm³/mol. The number of hydrogen-bond donors (Lipinski definition) is 0. The van der Waals surface area contributed by atoms with Crippen molar-refractivity contribution in [3.63, 3.8) is 0 Å². The molecule has 0 atom stereocenters. The molecule has 0 aliphatic carbocycles. The third-order valence-corrected chi connectivity index (χ3v) is 4.48. The molecule has 0 unspecified atom stereocenters. The third-order valence-electron chi connectivity index (χ3n) is 4.48. The van der Waals surface area contributed by atoms with Crippen LogP contribution in [0.3, 0.4) is 0 Å². The number of nitrogens with zero attached hydrogens (tertiary/aromatic N) is 2. The summed E-state index contributed by atoms with van der Waals surface area (Å²) in [5, 5.41) is 0.954. The van der Waals surface area contributed by atoms with Gasteiger partial charge in [-0.3, -0.25) is 0 Å². The average molecular weight is 307 g/mol. The minimum absolute atomic E-state index is 0.287. The van der Waals surface area contributed by atoms with Crippen molar-refractivity contribution in [1.82, 2.24) is 0 Å². The molecule has 0 saturated carbocycles. The first kappa shape index (κ1) is 14.0. The van der Waals surface area contributed by atoms with Crippen LogP contribution >= 0.6 is 0 Å². The van der Waals surface area contributed by atoms with Gasteiger partial charge >= 0.3 is 5.63 Å². The Labute approximate surface area is 134 Å². The van der Waals surface area contributed by atoms with E-state index < -0.39 is 0 Å². The van der Waals surface area contributed by atoms with Gasteiger partial charge in [0.05, 0.1) is 5.56 Å². The molecule has 0 N–H and O–H groups in total. The number of anilines is 1. The summed E-state index contributed by atoms with van der Waals surface area (Å²) < 4.78 is 7.53. The molecule has 0 radical (unpaired) electrons. The van der Waals surface area contributed by atoms with Crippen molar-refractivity contribution < 1.29 is 8.98 Å². The molecule has 1 aromatic carbocycles. The molecule has 2 aromatic heterocycles. The topological polar surface area (TPSA) is 37.3 Å². The summed E-state index contributed by atoms with van der Waals surface area (Å²) in [6.45, 7) is 2.16. The van der Waals surface area contributed by atoms with Gasteiger partial charge < -0.3 is 9.32 Å². The van der Waals surface area contributed by atoms with Crippen molar-refractivity contribution in [3.05, 3.63) is 59.2 Å². The van der Waals surface area contributed by atoms with Crippen LogP contribution in [0.25, 0.3) is 22.1 Å². The molecule has 1 saturated heterocycles. The second-order valence-electron chi connectivity index (χ2n) is 6.12. The maximum Gasteiger partial charge on any atom is 0.344 e. The van der Waals surface area contributed by atoms with Crippen LogP contribution in [-0.2, 0) is 7.05 Å². The van der Waals surface area contributed by atoms with E-state index >= 15 is 0 Å². The van der Waals surface area contributed by atoms with Gasteiger partial charge in [-0.2, -0.15) is 0 Å². The van der Waals surface area contributed by atoms with Crippen LogP contribution in [0.5, 0.6) is 0 Å². The zero-order chi connectivity index (χ0) is 15.8. The SMILES string of the molecule is C[n+]1ccc(-c2cc3ccc(N4CCCC4)cc3oc2=O)cc1. The fraction of sp³-hybridized carbons (Fsp3) is 0.263. The molecular weight excluding hydrogens is 288 g/mol. The largest absolute Gasteiger partial charge is 0.422 e. The summed E-state index contributed by atoms with van der Waals surface area (Å²) in [6.07, 6.45) is 6.31. The predicted octanol–water partition coefficient (Wildman–Crippen LogP) is 2.88. The second-order valence-corrected chi connectivity index (χ2v) is 6.12. The minimum atomic E-state index is -0.287. The third kappa shape index (κ3) is 2.61. The number of aryl methyl sites for hydroxylation is 1. The highest BCUT2D eigenvalue weighted by Gasteiger charge is 2.14. The summed E-state index contributed by atoms with van der Waals surface area (Å²) in [5.41, 5.74) is 2.99. The maximum atomic E-state index is 12.4. The number of pyridine rings is 1. The Kier molecular flexibility index (Phi) is 3.37. The van der Waals surface area contributed by atoms with Crippen molar-refractivity contribution in [2.24, 2.45) is 7.05 Å². The summed E-state index contributed by atoms with van der Waals surface area (Å²) in [5.74, 6) is 0. The van der Waals surface area contributed by atoms with Gasteiger partial charge in [0.2, 0.25) is 0 Å². The van der Waals surface area contributed by atoms with E-state index in [0.29, 0.717) is 11.1 Å². The maximum absolute atomic E-state index is 12.4. The van der Waals surface area contributed by atoms with E-state index in [9.17, 15) is 4.79 Å². The van der Waals surface area contributed by atoms with E-state index in [-0.39, 0.29) is 5.63 Å². The van der Waals surface area contributed by atoms with E-state index in [2.05, 4.69) is 11.0 Å². The van der Waals surface area contributed by atoms with Crippen LogP contribution in [0.2, 0.25) is 0 Å². The van der Waals surface area contributed by atoms with Gasteiger partial charge in [0.15, 0.2) is 12.4 Å². The molecule has 0 spiro atoms. The zero-order valence-electron chi connectivity index (χ0n) is 13.2. The van der Waals surface area contributed by atoms with Crippen LogP contribution in [0.15, 0.2) is 58.0 Å². The molecule has 3 aromatic rings. The Morgan fingerprint density at radius 1 is 1.04 bits per heavy atom. The second kappa shape index (κ2) is 5.54. The Hall–Kier alpha value is -2.62. The lowest BCUT2D eigenvalue weighted by atomic mass is 10.1. The Morgan fingerprint density at radius 2 is 1.78 bits per heavy atom. The van der Waals surface area contributed by atoms with Crippen LogP contribution in [0.1, 0.15) is 12.8 Å². The number of rotatable bonds is 2. The Balaban J connectivity index is 1.80. The first-order valence-electron chi connectivity index (χ1n) is 7.99. The fourth-order valence-electron chi connectivity index (χ4n) is 3.15. The smallest absolute Gasteiger partial charge is 0.344 e. The van der Waals surface area contributed by atoms with E-state index in [4.69, 9.17) is 4.42 Å². The number of benzene rings is 1. The molecule has 116 valence electrons. The van der Waals surface area contributed by atoms with E-state index in [1.165, 1.54) is 12.8 Å². The molecule has 4 heteroatoms. The lowest BCUT2D eigenvalue weighted by Crippen LogP contribution is -2.25. The van der Waals surface area contributed by atoms with Gasteiger partial charge in [-0.15, -0.1) is 0 Å². The average Bonchev–Trinajstić information content (AvgIpc) is 3.09. The van der Waals surface area contributed by atoms with Crippen LogP contribution in [-0.4, -0.2) is 13.1 Å². The lowest BCUT2D eigenvalue weighted by Gasteiger charge is -2.17. The summed E-state index contributed by atoms with van der Waals surface area (Å²) in [4.78, 5) is 14.7. The molecular formula is C19H19N2O2+. The van der Waals surface area contributed by atoms with Gasteiger partial charge in [-0.1, -0.05) is 0 Å². The van der Waals surface area contributed by atoms with E-state index in [1.807, 2.05) is 54.3 Å². The molecule has 4 rings (SSSR count). The molecule has 1 aliphatic rings. The zero-order valence-corrected chi connectivity index (χ0v) is 13.2. The highest BCUT2D eigenvalue weighted by Crippen LogP contribution is 2.26. The van der Waals surface area contributed by atoms with E-state index in [0.717, 1.165) is 29.7 Å². The molecule has 0 amide bonds. The molecule has 23 heavy (non-hydrogen) atoms. The highest BCUT2D eigenvalue weighted by molar-refractivity contribution is 5.84. The normalized spacial score (nSPS) is 14.6. The lowest BCUT2D eigenvalue weighted by molar-refractivity contribution is -0.671. The molecule has 4 nitrogen and oxygen atoms in total. The summed E-state index contributed by atoms with van der Waals surface area (Å²) in [7, 11) is 1.95. The monoisotopic (exact) mass is 307 g/mol. The van der Waals surface area contributed by atoms with Gasteiger partial charge in [0.1, 0.15) is 12.6 Å². The van der Waals surface area contributed by atoms with Crippen LogP contribution < -0.4 is 15.1 Å². The number of hydrogen-bond acceptors (Lipinski definition) is 3. The van der Waals surface area contributed by atoms with Crippen molar-refractivity contribution >= 4 is 16.7 Å². The molecule has 1 fully saturated rings. The minimum Gasteiger partial charge on any atom is -0.422 e. The Morgan fingerprint density at radius 3 is 2.52 bits per heavy atom. The molecule has 0 bridgehead atoms. The van der Waals surface area contributed by atoms with Crippen LogP contribution in [0, 0.1) is 0 Å². The van der Waals surface area contributed by atoms with Gasteiger partial charge in [-0.25, -0.2) is 9.36 Å². The first-order chi connectivity index (χ1) is 11.2. The summed E-state index contributed by atoms with van der Waals surface area (Å²) >= 11 is 0. The molecule has 1 aliphatic heterocycles. The van der Waals surface area contributed by atoms with Crippen molar-refractivity contribution in [2.75, 3.05) is 18.0 Å². The fourth-order valence-corrected chi connectivity index (χ4v) is 3.15. The van der Waals surface area contributed by atoms with E-state index in [1.54, 1.807) is 0 Å². The Bertz CT molecular complexity index is 907. The van der Waals surface area contributed by atoms with Gasteiger partial charge in [-0.05, 0) is 31.0 Å². The standard InChI is InChI=1S/C19H19N2O2/c1-20-10-6-14(7-11-20)17-12-15-4-5-16(21-8-2-3-9-21)13-18(15)23-19(17)22/h4-7,10-13H,2-3,8-9H2,1H3/q+1. The summed E-state index contributed by atoms with van der Waals surface area (Å²) in [6, 6.07) is 11.9. The molecule has 3 heterocycles. The quantitative estimate of drug-likeness (QED) is 0.540. The van der Waals surface area contributed by atoms with Gasteiger partial charge in [0, 0.05) is 47.9 Å². The van der Waals surface area contributed by atoms with Crippen molar-refractivity contribution in [1.29, 1.82) is 0 Å². The van der Waals surface area contributed by atoms with Gasteiger partial charge in [0.25, 0.3) is 0 Å². The van der Waals surface area contributed by atoms with Crippen molar-refractivity contribution in [2.45, 2.75) is 12.8 Å². The first-order valence-corrected chi connectivity index (χ1v) is 7.99. The van der Waals surface area contributed by atoms with Crippen LogP contribution in [0.4, 0.5) is 5.69 Å². The number of aromatic nitrogens is 1. The number of fused-ring (bicyclic) bond motifs is 1. The highest BCUT2D eigenvalue weighted by atomic mass is 16.4.